The van der Waals surface area contributed by atoms with Crippen molar-refractivity contribution in [1.29, 1.82) is 0 Å². The average molecular weight is 246 g/mol. The summed E-state index contributed by atoms with van der Waals surface area (Å²) in [6.45, 7) is 1.96. The summed E-state index contributed by atoms with van der Waals surface area (Å²) in [5.74, 6) is 0. The third kappa shape index (κ3) is 4.53. The normalized spacial score (nSPS) is 18.9. The van der Waals surface area contributed by atoms with Gasteiger partial charge in [-0.1, -0.05) is 49.6 Å². The molecule has 1 unspecified atom stereocenters. The van der Waals surface area contributed by atoms with E-state index in [0.717, 1.165) is 5.56 Å². The lowest BCUT2D eigenvalue weighted by atomic mass is 9.98. The van der Waals surface area contributed by atoms with Crippen LogP contribution in [0.3, 0.4) is 0 Å². The van der Waals surface area contributed by atoms with Crippen LogP contribution in [0.4, 0.5) is 0 Å². The summed E-state index contributed by atoms with van der Waals surface area (Å²) in [5.41, 5.74) is 1.14. The minimum Gasteiger partial charge on any atom is -0.473 e. The molecule has 1 aromatic rings. The highest BCUT2D eigenvalue weighted by molar-refractivity contribution is 5.47. The first-order chi connectivity index (χ1) is 8.84. The molecule has 18 heavy (non-hydrogen) atoms. The summed E-state index contributed by atoms with van der Waals surface area (Å²) in [5, 5.41) is 0. The Hall–Kier alpha value is -1.28. The van der Waals surface area contributed by atoms with E-state index in [-0.39, 0.29) is 6.29 Å². The van der Waals surface area contributed by atoms with E-state index in [2.05, 4.69) is 0 Å². The van der Waals surface area contributed by atoms with Crippen LogP contribution in [0.25, 0.3) is 6.08 Å². The predicted molar refractivity (Wildman–Crippen MR) is 74.0 cm³/mol. The number of benzene rings is 1. The van der Waals surface area contributed by atoms with Gasteiger partial charge >= 0.3 is 0 Å². The highest BCUT2D eigenvalue weighted by Gasteiger charge is 2.16. The van der Waals surface area contributed by atoms with E-state index in [1.807, 2.05) is 43.3 Å². The first kappa shape index (κ1) is 13.2. The van der Waals surface area contributed by atoms with E-state index in [1.54, 1.807) is 6.26 Å². The molecule has 0 spiro atoms. The van der Waals surface area contributed by atoms with Crippen LogP contribution in [-0.4, -0.2) is 12.4 Å². The fourth-order valence-electron chi connectivity index (χ4n) is 2.30. The minimum absolute atomic E-state index is 0.159. The van der Waals surface area contributed by atoms with Gasteiger partial charge in [-0.15, -0.1) is 0 Å². The van der Waals surface area contributed by atoms with Gasteiger partial charge in [0.25, 0.3) is 0 Å². The zero-order chi connectivity index (χ0) is 12.6. The Kier molecular flexibility index (Phi) is 5.28. The molecule has 0 aliphatic heterocycles. The maximum atomic E-state index is 5.86. The van der Waals surface area contributed by atoms with Gasteiger partial charge in [0.2, 0.25) is 0 Å². The third-order valence-corrected chi connectivity index (χ3v) is 3.27. The van der Waals surface area contributed by atoms with E-state index in [0.29, 0.717) is 6.10 Å². The van der Waals surface area contributed by atoms with Crippen molar-refractivity contribution < 1.29 is 9.47 Å². The Morgan fingerprint density at radius 3 is 2.56 bits per heavy atom. The lowest BCUT2D eigenvalue weighted by Crippen LogP contribution is -2.23. The van der Waals surface area contributed by atoms with Gasteiger partial charge < -0.3 is 9.47 Å². The van der Waals surface area contributed by atoms with Gasteiger partial charge in [0.1, 0.15) is 0 Å². The lowest BCUT2D eigenvalue weighted by Gasteiger charge is -2.25. The van der Waals surface area contributed by atoms with E-state index in [9.17, 15) is 0 Å². The second-order valence-corrected chi connectivity index (χ2v) is 4.81. The maximum absolute atomic E-state index is 5.86. The predicted octanol–water partition coefficient (Wildman–Crippen LogP) is 4.37. The number of hydrogen-bond acceptors (Lipinski definition) is 2. The first-order valence-electron chi connectivity index (χ1n) is 6.87. The number of hydrogen-bond donors (Lipinski definition) is 0. The molecule has 0 amide bonds. The Morgan fingerprint density at radius 2 is 1.83 bits per heavy atom. The van der Waals surface area contributed by atoms with Gasteiger partial charge in [0, 0.05) is 0 Å². The van der Waals surface area contributed by atoms with Crippen LogP contribution >= 0.6 is 0 Å². The molecule has 98 valence electrons. The van der Waals surface area contributed by atoms with Crippen molar-refractivity contribution in [3.8, 4) is 0 Å². The molecular formula is C16H22O2. The van der Waals surface area contributed by atoms with Crippen molar-refractivity contribution in [2.75, 3.05) is 0 Å². The van der Waals surface area contributed by atoms with Gasteiger partial charge in [0.15, 0.2) is 6.29 Å². The summed E-state index contributed by atoms with van der Waals surface area (Å²) in [6, 6.07) is 10.1. The molecule has 1 aliphatic carbocycles. The van der Waals surface area contributed by atoms with Gasteiger partial charge in [0.05, 0.1) is 12.4 Å². The van der Waals surface area contributed by atoms with Crippen LogP contribution in [0.1, 0.15) is 44.6 Å². The fourth-order valence-corrected chi connectivity index (χ4v) is 2.30. The van der Waals surface area contributed by atoms with Crippen molar-refractivity contribution in [2.45, 2.75) is 51.4 Å². The van der Waals surface area contributed by atoms with Crippen molar-refractivity contribution in [3.63, 3.8) is 0 Å². The molecule has 1 aliphatic rings. The topological polar surface area (TPSA) is 18.5 Å². The number of rotatable bonds is 5. The average Bonchev–Trinajstić information content (AvgIpc) is 2.41. The molecule has 1 saturated carbocycles. The molecule has 0 aromatic heterocycles. The van der Waals surface area contributed by atoms with Crippen molar-refractivity contribution in [3.05, 3.63) is 42.2 Å². The molecule has 1 fully saturated rings. The standard InChI is InChI=1S/C16H22O2/c1-14(18-16-10-6-3-7-11-16)17-13-12-15-8-4-2-5-9-15/h2,4-5,8-9,12-14,16H,3,6-7,10-11H2,1H3. The smallest absolute Gasteiger partial charge is 0.196 e. The number of ether oxygens (including phenoxy) is 2. The zero-order valence-electron chi connectivity index (χ0n) is 11.0. The van der Waals surface area contributed by atoms with Gasteiger partial charge in [-0.25, -0.2) is 0 Å². The molecule has 0 heterocycles. The molecule has 0 N–H and O–H groups in total. The molecule has 2 nitrogen and oxygen atoms in total. The summed E-state index contributed by atoms with van der Waals surface area (Å²) < 4.78 is 11.4. The molecule has 1 aromatic carbocycles. The summed E-state index contributed by atoms with van der Waals surface area (Å²) in [6.07, 6.45) is 10.2. The monoisotopic (exact) mass is 246 g/mol. The van der Waals surface area contributed by atoms with E-state index < -0.39 is 0 Å². The van der Waals surface area contributed by atoms with Crippen LogP contribution in [0.2, 0.25) is 0 Å². The van der Waals surface area contributed by atoms with Crippen LogP contribution in [0.5, 0.6) is 0 Å². The molecule has 2 rings (SSSR count). The fraction of sp³-hybridized carbons (Fsp3) is 0.500. The summed E-state index contributed by atoms with van der Waals surface area (Å²) >= 11 is 0. The lowest BCUT2D eigenvalue weighted by molar-refractivity contribution is -0.136. The SMILES string of the molecule is CC(OC=Cc1ccccc1)OC1CCCCC1. The van der Waals surface area contributed by atoms with Crippen LogP contribution in [0, 0.1) is 0 Å². The Morgan fingerprint density at radius 1 is 1.11 bits per heavy atom. The molecule has 0 radical (unpaired) electrons. The zero-order valence-corrected chi connectivity index (χ0v) is 11.0. The highest BCUT2D eigenvalue weighted by atomic mass is 16.7. The second kappa shape index (κ2) is 7.22. The van der Waals surface area contributed by atoms with Gasteiger partial charge in [-0.3, -0.25) is 0 Å². The minimum atomic E-state index is -0.159. The van der Waals surface area contributed by atoms with Gasteiger partial charge in [-0.05, 0) is 31.4 Å². The summed E-state index contributed by atoms with van der Waals surface area (Å²) in [7, 11) is 0. The molecular weight excluding hydrogens is 224 g/mol. The van der Waals surface area contributed by atoms with E-state index in [1.165, 1.54) is 32.1 Å². The van der Waals surface area contributed by atoms with Crippen molar-refractivity contribution >= 4 is 6.08 Å². The van der Waals surface area contributed by atoms with Crippen LogP contribution < -0.4 is 0 Å². The Bertz CT molecular complexity index is 353. The Balaban J connectivity index is 1.71. The van der Waals surface area contributed by atoms with Gasteiger partial charge in [-0.2, -0.15) is 0 Å². The third-order valence-electron chi connectivity index (χ3n) is 3.27. The second-order valence-electron chi connectivity index (χ2n) is 4.81. The molecule has 2 heteroatoms. The maximum Gasteiger partial charge on any atom is 0.196 e. The molecule has 0 saturated heterocycles. The largest absolute Gasteiger partial charge is 0.473 e. The van der Waals surface area contributed by atoms with E-state index >= 15 is 0 Å². The molecule has 0 bridgehead atoms. The highest BCUT2D eigenvalue weighted by Crippen LogP contribution is 2.21. The van der Waals surface area contributed by atoms with E-state index in [4.69, 9.17) is 9.47 Å². The van der Waals surface area contributed by atoms with Crippen LogP contribution in [-0.2, 0) is 9.47 Å². The quantitative estimate of drug-likeness (QED) is 0.567. The van der Waals surface area contributed by atoms with Crippen molar-refractivity contribution in [2.24, 2.45) is 0 Å². The summed E-state index contributed by atoms with van der Waals surface area (Å²) in [4.78, 5) is 0. The Labute approximate surface area is 110 Å². The van der Waals surface area contributed by atoms with Crippen molar-refractivity contribution in [1.82, 2.24) is 0 Å². The van der Waals surface area contributed by atoms with Crippen LogP contribution in [0.15, 0.2) is 36.6 Å². The first-order valence-corrected chi connectivity index (χ1v) is 6.87. The molecule has 1 atom stereocenters.